The molecule has 1 atom stereocenters. The van der Waals surface area contributed by atoms with Gasteiger partial charge in [-0.25, -0.2) is 8.42 Å². The van der Waals surface area contributed by atoms with E-state index in [1.54, 1.807) is 0 Å². The van der Waals surface area contributed by atoms with Crippen LogP contribution in [-0.2, 0) is 16.3 Å². The Labute approximate surface area is 126 Å². The van der Waals surface area contributed by atoms with Crippen LogP contribution in [0.1, 0.15) is 18.1 Å². The summed E-state index contributed by atoms with van der Waals surface area (Å²) in [6.45, 7) is 1.89. The van der Waals surface area contributed by atoms with Crippen molar-refractivity contribution in [1.82, 2.24) is 0 Å². The molecule has 0 aliphatic heterocycles. The SMILES string of the molecule is CC(CS(C)(=O)=O)Nc1ccccc1Cc1ccccc1. The molecule has 0 spiro atoms. The second kappa shape index (κ2) is 6.76. The fourth-order valence-corrected chi connectivity index (χ4v) is 3.38. The predicted octanol–water partition coefficient (Wildman–Crippen LogP) is 3.12. The third-order valence-corrected chi connectivity index (χ3v) is 4.31. The number of hydrogen-bond acceptors (Lipinski definition) is 3. The van der Waals surface area contributed by atoms with Crippen LogP contribution in [0.2, 0.25) is 0 Å². The van der Waals surface area contributed by atoms with E-state index in [1.165, 1.54) is 17.4 Å². The third-order valence-electron chi connectivity index (χ3n) is 3.21. The van der Waals surface area contributed by atoms with Crippen LogP contribution in [0, 0.1) is 0 Å². The molecule has 0 bridgehead atoms. The maximum Gasteiger partial charge on any atom is 0.149 e. The monoisotopic (exact) mass is 303 g/mol. The van der Waals surface area contributed by atoms with Crippen LogP contribution < -0.4 is 5.32 Å². The Morgan fingerprint density at radius 2 is 1.62 bits per heavy atom. The smallest absolute Gasteiger partial charge is 0.149 e. The lowest BCUT2D eigenvalue weighted by Crippen LogP contribution is -2.25. The van der Waals surface area contributed by atoms with Gasteiger partial charge in [-0.15, -0.1) is 0 Å². The highest BCUT2D eigenvalue weighted by atomic mass is 32.2. The minimum atomic E-state index is -2.98. The number of hydrogen-bond donors (Lipinski definition) is 1. The summed E-state index contributed by atoms with van der Waals surface area (Å²) in [5.41, 5.74) is 3.41. The van der Waals surface area contributed by atoms with E-state index in [2.05, 4.69) is 23.5 Å². The second-order valence-electron chi connectivity index (χ2n) is 5.46. The molecule has 21 heavy (non-hydrogen) atoms. The van der Waals surface area contributed by atoms with Crippen LogP contribution in [0.15, 0.2) is 54.6 Å². The van der Waals surface area contributed by atoms with Crippen molar-refractivity contribution in [3.05, 3.63) is 65.7 Å². The zero-order valence-electron chi connectivity index (χ0n) is 12.4. The highest BCUT2D eigenvalue weighted by Gasteiger charge is 2.12. The Balaban J connectivity index is 2.13. The minimum Gasteiger partial charge on any atom is -0.381 e. The second-order valence-corrected chi connectivity index (χ2v) is 7.64. The van der Waals surface area contributed by atoms with Gasteiger partial charge in [-0.1, -0.05) is 48.5 Å². The van der Waals surface area contributed by atoms with Crippen molar-refractivity contribution in [1.29, 1.82) is 0 Å². The van der Waals surface area contributed by atoms with Crippen molar-refractivity contribution in [2.75, 3.05) is 17.3 Å². The van der Waals surface area contributed by atoms with E-state index in [-0.39, 0.29) is 11.8 Å². The van der Waals surface area contributed by atoms with Crippen molar-refractivity contribution < 1.29 is 8.42 Å². The fourth-order valence-electron chi connectivity index (χ4n) is 2.39. The number of benzene rings is 2. The molecule has 1 N–H and O–H groups in total. The molecule has 0 fully saturated rings. The Hall–Kier alpha value is -1.81. The van der Waals surface area contributed by atoms with Crippen LogP contribution in [0.5, 0.6) is 0 Å². The van der Waals surface area contributed by atoms with E-state index in [9.17, 15) is 8.42 Å². The lowest BCUT2D eigenvalue weighted by atomic mass is 10.0. The first-order valence-electron chi connectivity index (χ1n) is 7.00. The highest BCUT2D eigenvalue weighted by molar-refractivity contribution is 7.90. The van der Waals surface area contributed by atoms with Gasteiger partial charge in [0.15, 0.2) is 0 Å². The molecule has 0 radical (unpaired) electrons. The number of rotatable bonds is 6. The van der Waals surface area contributed by atoms with Crippen molar-refractivity contribution in [3.63, 3.8) is 0 Å². The van der Waals surface area contributed by atoms with Gasteiger partial charge in [0.25, 0.3) is 0 Å². The van der Waals surface area contributed by atoms with Crippen LogP contribution in [-0.4, -0.2) is 26.5 Å². The summed E-state index contributed by atoms with van der Waals surface area (Å²) in [4.78, 5) is 0. The first-order chi connectivity index (χ1) is 9.94. The normalized spacial score (nSPS) is 12.9. The lowest BCUT2D eigenvalue weighted by molar-refractivity contribution is 0.598. The average molecular weight is 303 g/mol. The van der Waals surface area contributed by atoms with E-state index in [0.717, 1.165) is 12.1 Å². The standard InChI is InChI=1S/C17H21NO2S/c1-14(13-21(2,19)20)18-17-11-7-6-10-16(17)12-15-8-4-3-5-9-15/h3-11,14,18H,12-13H2,1-2H3. The summed E-state index contributed by atoms with van der Waals surface area (Å²) >= 11 is 0. The number of anilines is 1. The van der Waals surface area contributed by atoms with E-state index >= 15 is 0 Å². The average Bonchev–Trinajstić information content (AvgIpc) is 2.40. The summed E-state index contributed by atoms with van der Waals surface area (Å²) in [5, 5.41) is 3.31. The Morgan fingerprint density at radius 1 is 1.00 bits per heavy atom. The molecule has 2 aromatic carbocycles. The van der Waals surface area contributed by atoms with E-state index in [0.29, 0.717) is 0 Å². The summed E-state index contributed by atoms with van der Waals surface area (Å²) in [6, 6.07) is 18.2. The summed E-state index contributed by atoms with van der Waals surface area (Å²) in [7, 11) is -2.98. The maximum absolute atomic E-state index is 11.4. The van der Waals surface area contributed by atoms with Gasteiger partial charge in [-0.3, -0.25) is 0 Å². The van der Waals surface area contributed by atoms with Crippen LogP contribution in [0.25, 0.3) is 0 Å². The Morgan fingerprint density at radius 3 is 2.29 bits per heavy atom. The summed E-state index contributed by atoms with van der Waals surface area (Å²) in [5.74, 6) is 0.132. The van der Waals surface area contributed by atoms with E-state index in [4.69, 9.17) is 0 Å². The maximum atomic E-state index is 11.4. The van der Waals surface area contributed by atoms with Gasteiger partial charge in [0.05, 0.1) is 5.75 Å². The molecule has 0 aliphatic rings. The lowest BCUT2D eigenvalue weighted by Gasteiger charge is -2.17. The quantitative estimate of drug-likeness (QED) is 0.892. The zero-order chi connectivity index (χ0) is 15.3. The summed E-state index contributed by atoms with van der Waals surface area (Å²) in [6.07, 6.45) is 2.09. The van der Waals surface area contributed by atoms with Gasteiger partial charge in [0, 0.05) is 18.0 Å². The van der Waals surface area contributed by atoms with Gasteiger partial charge < -0.3 is 5.32 Å². The van der Waals surface area contributed by atoms with Crippen molar-refractivity contribution in [2.24, 2.45) is 0 Å². The van der Waals surface area contributed by atoms with Gasteiger partial charge in [0.1, 0.15) is 9.84 Å². The van der Waals surface area contributed by atoms with Gasteiger partial charge in [-0.2, -0.15) is 0 Å². The van der Waals surface area contributed by atoms with Crippen LogP contribution >= 0.6 is 0 Å². The highest BCUT2D eigenvalue weighted by Crippen LogP contribution is 2.20. The summed E-state index contributed by atoms with van der Waals surface area (Å²) < 4.78 is 22.7. The van der Waals surface area contributed by atoms with E-state index in [1.807, 2.05) is 43.3 Å². The van der Waals surface area contributed by atoms with Crippen molar-refractivity contribution in [3.8, 4) is 0 Å². The molecule has 112 valence electrons. The molecule has 1 unspecified atom stereocenters. The van der Waals surface area contributed by atoms with Crippen LogP contribution in [0.3, 0.4) is 0 Å². The molecule has 0 aliphatic carbocycles. The molecule has 4 heteroatoms. The largest absolute Gasteiger partial charge is 0.381 e. The van der Waals surface area contributed by atoms with Crippen LogP contribution in [0.4, 0.5) is 5.69 Å². The fraction of sp³-hybridized carbons (Fsp3) is 0.294. The molecule has 0 amide bonds. The molecule has 0 heterocycles. The van der Waals surface area contributed by atoms with Crippen molar-refractivity contribution in [2.45, 2.75) is 19.4 Å². The zero-order valence-corrected chi connectivity index (χ0v) is 13.2. The topological polar surface area (TPSA) is 46.2 Å². The van der Waals surface area contributed by atoms with Crippen molar-refractivity contribution >= 4 is 15.5 Å². The molecular weight excluding hydrogens is 282 g/mol. The number of para-hydroxylation sites is 1. The molecule has 2 aromatic rings. The first-order valence-corrected chi connectivity index (χ1v) is 9.06. The molecule has 2 rings (SSSR count). The number of sulfone groups is 1. The van der Waals surface area contributed by atoms with Gasteiger partial charge in [-0.05, 0) is 30.5 Å². The molecular formula is C17H21NO2S. The van der Waals surface area contributed by atoms with Gasteiger partial charge in [0.2, 0.25) is 0 Å². The first kappa shape index (κ1) is 15.6. The molecule has 0 saturated heterocycles. The Bertz CT molecular complexity index is 681. The Kier molecular flexibility index (Phi) is 5.02. The third kappa shape index (κ3) is 5.23. The number of nitrogens with one attached hydrogen (secondary N) is 1. The molecule has 3 nitrogen and oxygen atoms in total. The minimum absolute atomic E-state index is 0.114. The predicted molar refractivity (Wildman–Crippen MR) is 88.5 cm³/mol. The molecule has 0 aromatic heterocycles. The van der Waals surface area contributed by atoms with E-state index < -0.39 is 9.84 Å². The molecule has 0 saturated carbocycles. The van der Waals surface area contributed by atoms with Gasteiger partial charge >= 0.3 is 0 Å².